The summed E-state index contributed by atoms with van der Waals surface area (Å²) >= 11 is 0. The van der Waals surface area contributed by atoms with Gasteiger partial charge in [-0.3, -0.25) is 4.79 Å². The minimum Gasteiger partial charge on any atom is -0.423 e. The van der Waals surface area contributed by atoms with Gasteiger partial charge in [-0.25, -0.2) is 0 Å². The summed E-state index contributed by atoms with van der Waals surface area (Å²) in [6, 6.07) is 8.47. The molecule has 0 saturated carbocycles. The Labute approximate surface area is 135 Å². The lowest BCUT2D eigenvalue weighted by Gasteiger charge is -2.36. The summed E-state index contributed by atoms with van der Waals surface area (Å²) in [7, 11) is 0. The third-order valence-corrected chi connectivity index (χ3v) is 4.79. The predicted molar refractivity (Wildman–Crippen MR) is 88.4 cm³/mol. The number of benzene rings is 1. The van der Waals surface area contributed by atoms with Crippen molar-refractivity contribution < 1.29 is 9.21 Å². The first-order valence-corrected chi connectivity index (χ1v) is 8.41. The maximum absolute atomic E-state index is 12.6. The van der Waals surface area contributed by atoms with Gasteiger partial charge in [-0.15, -0.1) is 0 Å². The number of aromatic nitrogens is 1. The number of fused-ring (bicyclic) bond motifs is 1. The third kappa shape index (κ3) is 2.91. The lowest BCUT2D eigenvalue weighted by Crippen LogP contribution is -2.52. The van der Waals surface area contributed by atoms with Crippen molar-refractivity contribution in [3.05, 3.63) is 24.3 Å². The van der Waals surface area contributed by atoms with Gasteiger partial charge in [-0.05, 0) is 31.5 Å². The average Bonchev–Trinajstić information content (AvgIpc) is 3.06. The van der Waals surface area contributed by atoms with Gasteiger partial charge in [0.05, 0.1) is 5.92 Å². The zero-order chi connectivity index (χ0) is 15.6. The molecule has 0 radical (unpaired) electrons. The Kier molecular flexibility index (Phi) is 3.91. The molecule has 1 N–H and O–H groups in total. The van der Waals surface area contributed by atoms with E-state index >= 15 is 0 Å². The second kappa shape index (κ2) is 6.20. The fourth-order valence-electron chi connectivity index (χ4n) is 3.43. The van der Waals surface area contributed by atoms with Crippen LogP contribution in [0.15, 0.2) is 28.7 Å². The van der Waals surface area contributed by atoms with Gasteiger partial charge in [0.15, 0.2) is 5.58 Å². The molecule has 1 unspecified atom stereocenters. The quantitative estimate of drug-likeness (QED) is 0.910. The van der Waals surface area contributed by atoms with Gasteiger partial charge in [0.25, 0.3) is 6.01 Å². The van der Waals surface area contributed by atoms with E-state index in [-0.39, 0.29) is 5.92 Å². The second-order valence-electron chi connectivity index (χ2n) is 6.32. The highest BCUT2D eigenvalue weighted by Crippen LogP contribution is 2.23. The first-order valence-electron chi connectivity index (χ1n) is 8.41. The highest BCUT2D eigenvalue weighted by atomic mass is 16.4. The molecular weight excluding hydrogens is 292 g/mol. The molecule has 1 amide bonds. The first kappa shape index (κ1) is 14.5. The van der Waals surface area contributed by atoms with Crippen LogP contribution in [0, 0.1) is 5.92 Å². The van der Waals surface area contributed by atoms with Crippen LogP contribution in [0.2, 0.25) is 0 Å². The molecule has 6 nitrogen and oxygen atoms in total. The maximum Gasteiger partial charge on any atom is 0.298 e. The summed E-state index contributed by atoms with van der Waals surface area (Å²) in [5.74, 6) is 0.453. The van der Waals surface area contributed by atoms with Gasteiger partial charge in [-0.1, -0.05) is 12.1 Å². The van der Waals surface area contributed by atoms with E-state index < -0.39 is 0 Å². The number of rotatable bonds is 2. The molecule has 23 heavy (non-hydrogen) atoms. The van der Waals surface area contributed by atoms with Gasteiger partial charge in [0.1, 0.15) is 5.52 Å². The molecule has 0 aliphatic carbocycles. The summed E-state index contributed by atoms with van der Waals surface area (Å²) in [4.78, 5) is 21.2. The highest BCUT2D eigenvalue weighted by molar-refractivity contribution is 5.79. The molecule has 6 heteroatoms. The van der Waals surface area contributed by atoms with E-state index in [4.69, 9.17) is 4.42 Å². The molecule has 2 aliphatic rings. The summed E-state index contributed by atoms with van der Waals surface area (Å²) in [6.45, 7) is 4.90. The number of oxazole rings is 1. The summed E-state index contributed by atoms with van der Waals surface area (Å²) < 4.78 is 5.82. The smallest absolute Gasteiger partial charge is 0.298 e. The Morgan fingerprint density at radius 3 is 2.78 bits per heavy atom. The van der Waals surface area contributed by atoms with Crippen LogP contribution in [0.4, 0.5) is 6.01 Å². The fourth-order valence-corrected chi connectivity index (χ4v) is 3.43. The standard InChI is InChI=1S/C17H22N4O2/c22-16(13-4-3-7-18-12-13)20-8-10-21(11-9-20)17-19-14-5-1-2-6-15(14)23-17/h1-2,5-6,13,18H,3-4,7-12H2. The van der Waals surface area contributed by atoms with Gasteiger partial charge in [0, 0.05) is 32.7 Å². The van der Waals surface area contributed by atoms with Crippen LogP contribution in [0.25, 0.3) is 11.1 Å². The third-order valence-electron chi connectivity index (χ3n) is 4.79. The number of piperazine rings is 1. The largest absolute Gasteiger partial charge is 0.423 e. The number of piperidine rings is 1. The number of para-hydroxylation sites is 2. The molecule has 2 fully saturated rings. The number of nitrogens with zero attached hydrogens (tertiary/aromatic N) is 3. The highest BCUT2D eigenvalue weighted by Gasteiger charge is 2.29. The molecule has 1 atom stereocenters. The van der Waals surface area contributed by atoms with Crippen molar-refractivity contribution in [1.29, 1.82) is 0 Å². The molecular formula is C17H22N4O2. The van der Waals surface area contributed by atoms with Gasteiger partial charge in [0.2, 0.25) is 5.91 Å². The summed E-state index contributed by atoms with van der Waals surface area (Å²) in [6.07, 6.45) is 2.11. The Bertz CT molecular complexity index is 652. The second-order valence-corrected chi connectivity index (χ2v) is 6.32. The van der Waals surface area contributed by atoms with E-state index in [2.05, 4.69) is 15.2 Å². The number of hydrogen-bond acceptors (Lipinski definition) is 5. The number of anilines is 1. The number of amides is 1. The topological polar surface area (TPSA) is 61.6 Å². The van der Waals surface area contributed by atoms with E-state index in [1.54, 1.807) is 0 Å². The molecule has 2 aliphatic heterocycles. The van der Waals surface area contributed by atoms with Crippen LogP contribution in [-0.2, 0) is 4.79 Å². The molecule has 4 rings (SSSR count). The normalized spacial score (nSPS) is 22.5. The van der Waals surface area contributed by atoms with Crippen LogP contribution >= 0.6 is 0 Å². The van der Waals surface area contributed by atoms with E-state index in [1.807, 2.05) is 29.2 Å². The van der Waals surface area contributed by atoms with E-state index in [0.717, 1.165) is 63.2 Å². The van der Waals surface area contributed by atoms with E-state index in [1.165, 1.54) is 0 Å². The van der Waals surface area contributed by atoms with Crippen LogP contribution in [0.3, 0.4) is 0 Å². The Balaban J connectivity index is 1.39. The SMILES string of the molecule is O=C(C1CCCNC1)N1CCN(c2nc3ccccc3o2)CC1. The molecule has 122 valence electrons. The molecule has 1 aromatic carbocycles. The van der Waals surface area contributed by atoms with Crippen molar-refractivity contribution in [2.75, 3.05) is 44.2 Å². The molecule has 0 bridgehead atoms. The number of carbonyl (C=O) groups is 1. The zero-order valence-electron chi connectivity index (χ0n) is 13.2. The average molecular weight is 314 g/mol. The molecule has 2 saturated heterocycles. The van der Waals surface area contributed by atoms with Crippen molar-refractivity contribution in [2.24, 2.45) is 5.92 Å². The number of hydrogen-bond donors (Lipinski definition) is 1. The Morgan fingerprint density at radius 1 is 1.22 bits per heavy atom. The van der Waals surface area contributed by atoms with E-state index in [9.17, 15) is 4.79 Å². The van der Waals surface area contributed by atoms with Crippen molar-refractivity contribution in [2.45, 2.75) is 12.8 Å². The van der Waals surface area contributed by atoms with Gasteiger partial charge < -0.3 is 19.5 Å². The Morgan fingerprint density at radius 2 is 2.04 bits per heavy atom. The van der Waals surface area contributed by atoms with Crippen molar-refractivity contribution in [3.63, 3.8) is 0 Å². The molecule has 1 aromatic heterocycles. The zero-order valence-corrected chi connectivity index (χ0v) is 13.2. The molecule has 3 heterocycles. The van der Waals surface area contributed by atoms with Crippen molar-refractivity contribution in [1.82, 2.24) is 15.2 Å². The van der Waals surface area contributed by atoms with E-state index in [0.29, 0.717) is 11.9 Å². The fraction of sp³-hybridized carbons (Fsp3) is 0.529. The predicted octanol–water partition coefficient (Wildman–Crippen LogP) is 1.48. The minimum absolute atomic E-state index is 0.152. The Hall–Kier alpha value is -2.08. The summed E-state index contributed by atoms with van der Waals surface area (Å²) in [5.41, 5.74) is 1.70. The maximum atomic E-state index is 12.6. The van der Waals surface area contributed by atoms with Crippen LogP contribution in [0.5, 0.6) is 0 Å². The van der Waals surface area contributed by atoms with Gasteiger partial charge >= 0.3 is 0 Å². The van der Waals surface area contributed by atoms with Crippen molar-refractivity contribution in [3.8, 4) is 0 Å². The molecule has 0 spiro atoms. The lowest BCUT2D eigenvalue weighted by molar-refractivity contribution is -0.136. The number of carbonyl (C=O) groups excluding carboxylic acids is 1. The summed E-state index contributed by atoms with van der Waals surface area (Å²) in [5, 5.41) is 3.32. The van der Waals surface area contributed by atoms with Crippen LogP contribution in [0.1, 0.15) is 12.8 Å². The van der Waals surface area contributed by atoms with Crippen LogP contribution < -0.4 is 10.2 Å². The minimum atomic E-state index is 0.152. The van der Waals surface area contributed by atoms with Crippen molar-refractivity contribution >= 4 is 23.0 Å². The molecule has 2 aromatic rings. The number of nitrogens with one attached hydrogen (secondary N) is 1. The van der Waals surface area contributed by atoms with Gasteiger partial charge in [-0.2, -0.15) is 4.98 Å². The lowest BCUT2D eigenvalue weighted by atomic mass is 9.98. The monoisotopic (exact) mass is 314 g/mol. The first-order chi connectivity index (χ1) is 11.3. The van der Waals surface area contributed by atoms with Crippen LogP contribution in [-0.4, -0.2) is 55.1 Å².